The van der Waals surface area contributed by atoms with Crippen molar-refractivity contribution in [3.05, 3.63) is 75.7 Å². The van der Waals surface area contributed by atoms with Gasteiger partial charge in [-0.3, -0.25) is 14.3 Å². The van der Waals surface area contributed by atoms with Crippen molar-refractivity contribution in [2.75, 3.05) is 41.2 Å². The third-order valence-electron chi connectivity index (χ3n) is 4.89. The summed E-state index contributed by atoms with van der Waals surface area (Å²) < 4.78 is 34.6. The molecule has 0 aliphatic carbocycles. The Bertz CT molecular complexity index is 1320. The molecule has 4 rings (SSSR count). The number of morpholine rings is 1. The fourth-order valence-corrected chi connectivity index (χ4v) is 4.85. The van der Waals surface area contributed by atoms with Crippen LogP contribution in [0.25, 0.3) is 0 Å². The van der Waals surface area contributed by atoms with Crippen LogP contribution in [-0.2, 0) is 14.8 Å². The van der Waals surface area contributed by atoms with Crippen LogP contribution in [0.5, 0.6) is 0 Å². The highest BCUT2D eigenvalue weighted by molar-refractivity contribution is 7.93. The number of hydrogen-bond acceptors (Lipinski definition) is 7. The van der Waals surface area contributed by atoms with E-state index in [1.165, 1.54) is 18.2 Å². The molecule has 2 aromatic carbocycles. The van der Waals surface area contributed by atoms with Gasteiger partial charge in [-0.15, -0.1) is 0 Å². The van der Waals surface area contributed by atoms with Gasteiger partial charge in [0.2, 0.25) is 0 Å². The van der Waals surface area contributed by atoms with Crippen LogP contribution in [0.2, 0.25) is 5.02 Å². The first-order valence-corrected chi connectivity index (χ1v) is 11.8. The lowest BCUT2D eigenvalue weighted by Gasteiger charge is -2.30. The van der Waals surface area contributed by atoms with E-state index in [4.69, 9.17) is 16.3 Å². The molecule has 3 N–H and O–H groups in total. The number of nitrogens with zero attached hydrogens (tertiary/aromatic N) is 2. The number of aromatic amines is 1. The van der Waals surface area contributed by atoms with Crippen molar-refractivity contribution in [1.29, 1.82) is 0 Å². The van der Waals surface area contributed by atoms with E-state index >= 15 is 0 Å². The summed E-state index contributed by atoms with van der Waals surface area (Å²) in [6.07, 6.45) is 0. The fraction of sp³-hybridized carbons (Fsp3) is 0.190. The van der Waals surface area contributed by atoms with Gasteiger partial charge < -0.3 is 15.0 Å². The van der Waals surface area contributed by atoms with E-state index in [1.54, 1.807) is 36.4 Å². The first-order valence-electron chi connectivity index (χ1n) is 9.95. The van der Waals surface area contributed by atoms with Gasteiger partial charge in [0.05, 0.1) is 29.6 Å². The largest absolute Gasteiger partial charge is 0.378 e. The lowest BCUT2D eigenvalue weighted by atomic mass is 10.2. The second kappa shape index (κ2) is 9.61. The number of carbonyl (C=O) groups is 1. The van der Waals surface area contributed by atoms with Crippen LogP contribution >= 0.6 is 11.6 Å². The van der Waals surface area contributed by atoms with E-state index < -0.39 is 21.5 Å². The monoisotopic (exact) mass is 489 g/mol. The number of amides is 1. The zero-order valence-electron chi connectivity index (χ0n) is 17.2. The Morgan fingerprint density at radius 3 is 2.55 bits per heavy atom. The summed E-state index contributed by atoms with van der Waals surface area (Å²) in [5, 5.41) is 8.73. The molecular formula is C21H20ClN5O5S. The summed E-state index contributed by atoms with van der Waals surface area (Å²) in [6.45, 7) is 1.96. The molecule has 0 spiro atoms. The quantitative estimate of drug-likeness (QED) is 0.483. The third-order valence-corrected chi connectivity index (χ3v) is 6.61. The molecule has 1 aliphatic heterocycles. The standard InChI is InChI=1S/C21H20ClN5O5S/c22-15-3-1-2-4-16(15)26-33(30,31)19-13-14(5-7-18(19)27-9-11-32-12-10-27)23-21(29)17-6-8-20(28)25-24-17/h1-8,13,26H,9-12H2,(H,23,29)(H,25,28). The summed E-state index contributed by atoms with van der Waals surface area (Å²) >= 11 is 6.14. The van der Waals surface area contributed by atoms with Crippen LogP contribution in [0.4, 0.5) is 17.1 Å². The highest BCUT2D eigenvalue weighted by Crippen LogP contribution is 2.32. The highest BCUT2D eigenvalue weighted by atomic mass is 35.5. The number of anilines is 3. The van der Waals surface area contributed by atoms with Crippen molar-refractivity contribution < 1.29 is 17.9 Å². The van der Waals surface area contributed by atoms with Crippen LogP contribution < -0.4 is 20.5 Å². The Labute approximate surface area is 194 Å². The van der Waals surface area contributed by atoms with E-state index in [1.807, 2.05) is 4.90 Å². The van der Waals surface area contributed by atoms with Gasteiger partial charge in [-0.05, 0) is 36.4 Å². The lowest BCUT2D eigenvalue weighted by Crippen LogP contribution is -2.37. The van der Waals surface area contributed by atoms with Crippen molar-refractivity contribution in [1.82, 2.24) is 10.2 Å². The van der Waals surface area contributed by atoms with Gasteiger partial charge in [-0.2, -0.15) is 5.10 Å². The number of H-pyrrole nitrogens is 1. The minimum Gasteiger partial charge on any atom is -0.378 e. The Kier molecular flexibility index (Phi) is 6.63. The zero-order valence-corrected chi connectivity index (χ0v) is 18.8. The summed E-state index contributed by atoms with van der Waals surface area (Å²) in [4.78, 5) is 25.5. The van der Waals surface area contributed by atoms with Gasteiger partial charge in [0.1, 0.15) is 10.6 Å². The predicted octanol–water partition coefficient (Wildman–Crippen LogP) is 2.31. The lowest BCUT2D eigenvalue weighted by molar-refractivity contribution is 0.102. The number of nitrogens with one attached hydrogen (secondary N) is 3. The normalized spacial score (nSPS) is 14.0. The molecule has 3 aromatic rings. The molecule has 0 unspecified atom stereocenters. The van der Waals surface area contributed by atoms with Crippen molar-refractivity contribution in [2.45, 2.75) is 4.90 Å². The number of hydrogen-bond donors (Lipinski definition) is 3. The minimum absolute atomic E-state index is 0.0227. The molecule has 2 heterocycles. The minimum atomic E-state index is -4.08. The maximum Gasteiger partial charge on any atom is 0.276 e. The Morgan fingerprint density at radius 2 is 1.85 bits per heavy atom. The summed E-state index contributed by atoms with van der Waals surface area (Å²) in [6, 6.07) is 13.5. The van der Waals surface area contributed by atoms with Crippen LogP contribution in [-0.4, -0.2) is 50.8 Å². The summed E-state index contributed by atoms with van der Waals surface area (Å²) in [5.74, 6) is -0.604. The molecule has 172 valence electrons. The van der Waals surface area contributed by atoms with Gasteiger partial charge in [0.25, 0.3) is 21.5 Å². The number of para-hydroxylation sites is 1. The molecule has 1 amide bonds. The topological polar surface area (TPSA) is 133 Å². The van der Waals surface area contributed by atoms with Crippen molar-refractivity contribution in [3.8, 4) is 0 Å². The fourth-order valence-electron chi connectivity index (χ4n) is 3.28. The molecule has 1 fully saturated rings. The SMILES string of the molecule is O=C(Nc1ccc(N2CCOCC2)c(S(=O)(=O)Nc2ccccc2Cl)c1)c1ccc(=O)[nH]n1. The number of sulfonamides is 1. The van der Waals surface area contributed by atoms with Crippen molar-refractivity contribution >= 4 is 44.6 Å². The van der Waals surface area contributed by atoms with Gasteiger partial charge in [0.15, 0.2) is 0 Å². The molecule has 12 heteroatoms. The Balaban J connectivity index is 1.70. The van der Waals surface area contributed by atoms with Gasteiger partial charge in [-0.1, -0.05) is 23.7 Å². The molecule has 0 bridgehead atoms. The van der Waals surface area contributed by atoms with E-state index in [0.717, 1.165) is 0 Å². The summed E-state index contributed by atoms with van der Waals surface area (Å²) in [5.41, 5.74) is 0.479. The molecular weight excluding hydrogens is 470 g/mol. The second-order valence-electron chi connectivity index (χ2n) is 7.13. The predicted molar refractivity (Wildman–Crippen MR) is 125 cm³/mol. The number of halogens is 1. The number of carbonyl (C=O) groups excluding carboxylic acids is 1. The van der Waals surface area contributed by atoms with E-state index in [9.17, 15) is 18.0 Å². The maximum atomic E-state index is 13.4. The van der Waals surface area contributed by atoms with Crippen LogP contribution in [0, 0.1) is 0 Å². The number of rotatable bonds is 6. The van der Waals surface area contributed by atoms with Crippen LogP contribution in [0.3, 0.4) is 0 Å². The number of benzene rings is 2. The molecule has 1 aromatic heterocycles. The number of aromatic nitrogens is 2. The zero-order chi connectivity index (χ0) is 23.4. The van der Waals surface area contributed by atoms with Crippen molar-refractivity contribution in [3.63, 3.8) is 0 Å². The first-order chi connectivity index (χ1) is 15.8. The average molecular weight is 490 g/mol. The Morgan fingerprint density at radius 1 is 1.09 bits per heavy atom. The Hall–Kier alpha value is -3.41. The number of ether oxygens (including phenoxy) is 1. The van der Waals surface area contributed by atoms with Crippen molar-refractivity contribution in [2.24, 2.45) is 0 Å². The third kappa shape index (κ3) is 5.33. The van der Waals surface area contributed by atoms with E-state index in [2.05, 4.69) is 20.2 Å². The highest BCUT2D eigenvalue weighted by Gasteiger charge is 2.25. The second-order valence-corrected chi connectivity index (χ2v) is 9.19. The molecule has 0 saturated carbocycles. The molecule has 1 aliphatic rings. The van der Waals surface area contributed by atoms with E-state index in [-0.39, 0.29) is 27.0 Å². The summed E-state index contributed by atoms with van der Waals surface area (Å²) in [7, 11) is -4.08. The van der Waals surface area contributed by atoms with Gasteiger partial charge in [-0.25, -0.2) is 13.5 Å². The van der Waals surface area contributed by atoms with Crippen LogP contribution in [0.1, 0.15) is 10.5 Å². The molecule has 0 radical (unpaired) electrons. The molecule has 33 heavy (non-hydrogen) atoms. The first kappa shape index (κ1) is 22.8. The maximum absolute atomic E-state index is 13.4. The van der Waals surface area contributed by atoms with E-state index in [0.29, 0.717) is 32.0 Å². The molecule has 10 nitrogen and oxygen atoms in total. The van der Waals surface area contributed by atoms with Gasteiger partial charge in [0, 0.05) is 24.8 Å². The van der Waals surface area contributed by atoms with Gasteiger partial charge >= 0.3 is 0 Å². The molecule has 0 atom stereocenters. The smallest absolute Gasteiger partial charge is 0.276 e. The average Bonchev–Trinajstić information content (AvgIpc) is 2.81. The molecule has 1 saturated heterocycles. The van der Waals surface area contributed by atoms with Crippen LogP contribution in [0.15, 0.2) is 64.3 Å².